The molecule has 31 heavy (non-hydrogen) atoms. The summed E-state index contributed by atoms with van der Waals surface area (Å²) in [5.74, 6) is 2.28. The number of fused-ring (bicyclic) bond motifs is 2. The summed E-state index contributed by atoms with van der Waals surface area (Å²) >= 11 is 2.28. The maximum absolute atomic E-state index is 13.9. The van der Waals surface area contributed by atoms with Crippen LogP contribution >= 0.6 is 22.6 Å². The number of imidazole rings is 1. The van der Waals surface area contributed by atoms with Gasteiger partial charge in [0.05, 0.1) is 0 Å². The van der Waals surface area contributed by atoms with Crippen molar-refractivity contribution >= 4 is 39.6 Å². The Kier molecular flexibility index (Phi) is 6.20. The number of aromatic nitrogens is 4. The number of rotatable bonds is 6. The number of ether oxygens (including phenoxy) is 2. The first-order valence-electron chi connectivity index (χ1n) is 10.2. The van der Waals surface area contributed by atoms with Gasteiger partial charge in [-0.15, -0.1) is 0 Å². The second-order valence-electron chi connectivity index (χ2n) is 8.52. The quantitative estimate of drug-likeness (QED) is 0.279. The number of nitrogens with one attached hydrogen (secondary N) is 1. The van der Waals surface area contributed by atoms with Crippen molar-refractivity contribution in [3.8, 4) is 11.5 Å². The molecular formula is C21H26FIN6O2. The molecule has 0 saturated carbocycles. The number of nitrogen functional groups attached to an aromatic ring is 1. The van der Waals surface area contributed by atoms with Crippen molar-refractivity contribution < 1.29 is 13.9 Å². The fraction of sp³-hybridized carbons (Fsp3) is 0.476. The van der Waals surface area contributed by atoms with E-state index in [1.165, 1.54) is 0 Å². The summed E-state index contributed by atoms with van der Waals surface area (Å²) in [6.45, 7) is 8.88. The topological polar surface area (TPSA) is 100 Å². The predicted octanol–water partition coefficient (Wildman–Crippen LogP) is 3.29. The number of benzene rings is 1. The van der Waals surface area contributed by atoms with Gasteiger partial charge in [-0.25, -0.2) is 4.98 Å². The van der Waals surface area contributed by atoms with Crippen LogP contribution in [0, 0.1) is 9.65 Å². The van der Waals surface area contributed by atoms with E-state index in [0.717, 1.165) is 39.4 Å². The number of halogens is 2. The van der Waals surface area contributed by atoms with Gasteiger partial charge in [0.15, 0.2) is 28.5 Å². The van der Waals surface area contributed by atoms with E-state index in [4.69, 9.17) is 15.2 Å². The van der Waals surface area contributed by atoms with Gasteiger partial charge in [-0.05, 0) is 74.0 Å². The van der Waals surface area contributed by atoms with Crippen LogP contribution in [0.15, 0.2) is 12.1 Å². The minimum atomic E-state index is -0.848. The molecule has 0 atom stereocenters. The van der Waals surface area contributed by atoms with Crippen LogP contribution in [0.4, 0.5) is 10.2 Å². The van der Waals surface area contributed by atoms with Crippen molar-refractivity contribution in [3.63, 3.8) is 0 Å². The molecule has 10 heteroatoms. The lowest BCUT2D eigenvalue weighted by atomic mass is 10.1. The highest BCUT2D eigenvalue weighted by Gasteiger charge is 2.20. The summed E-state index contributed by atoms with van der Waals surface area (Å²) in [5.41, 5.74) is 7.86. The first-order chi connectivity index (χ1) is 14.7. The lowest BCUT2D eigenvalue weighted by molar-refractivity contribution is 0.171. The highest BCUT2D eigenvalue weighted by molar-refractivity contribution is 14.1. The molecule has 3 N–H and O–H groups in total. The molecule has 2 aromatic heterocycles. The fourth-order valence-corrected chi connectivity index (χ4v) is 4.15. The van der Waals surface area contributed by atoms with Gasteiger partial charge >= 0.3 is 6.08 Å². The van der Waals surface area contributed by atoms with Crippen LogP contribution in [-0.2, 0) is 13.0 Å². The summed E-state index contributed by atoms with van der Waals surface area (Å²) in [5, 5.41) is 3.47. The van der Waals surface area contributed by atoms with Crippen molar-refractivity contribution in [2.75, 3.05) is 25.5 Å². The van der Waals surface area contributed by atoms with Crippen molar-refractivity contribution in [2.24, 2.45) is 0 Å². The average molecular weight is 544 g/mol. The maximum Gasteiger partial charge on any atom is 0.312 e. The standard InChI is InChI=1S/C21H26FIN6O2/c1-21(2,3)25-5-4-6-29-16(26-17-18(24)27-20(22)28-19(17)29)10-12-9-14-15(11-13(12)23)31-8-7-30-14/h9,11,25H,4-8,10H2,1-3H3,(H2,24,27,28)/i23+4. The Bertz CT molecular complexity index is 1110. The number of nitrogens with zero attached hydrogens (tertiary/aromatic N) is 4. The van der Waals surface area contributed by atoms with Crippen LogP contribution in [0.5, 0.6) is 11.5 Å². The summed E-state index contributed by atoms with van der Waals surface area (Å²) in [6.07, 6.45) is 0.512. The Morgan fingerprint density at radius 1 is 1.16 bits per heavy atom. The number of nitrogens with two attached hydrogens (primary N) is 1. The Balaban J connectivity index is 1.67. The minimum absolute atomic E-state index is 0.0276. The van der Waals surface area contributed by atoms with E-state index in [2.05, 4.69) is 63.6 Å². The normalized spacial score (nSPS) is 13.7. The van der Waals surface area contributed by atoms with Crippen LogP contribution < -0.4 is 20.5 Å². The zero-order chi connectivity index (χ0) is 22.2. The van der Waals surface area contributed by atoms with Crippen LogP contribution in [0.25, 0.3) is 11.2 Å². The van der Waals surface area contributed by atoms with Gasteiger partial charge in [-0.1, -0.05) is 0 Å². The van der Waals surface area contributed by atoms with Crippen molar-refractivity contribution in [1.29, 1.82) is 0 Å². The maximum atomic E-state index is 13.9. The molecule has 3 aromatic rings. The number of aryl methyl sites for hydroxylation is 1. The van der Waals surface area contributed by atoms with E-state index in [0.29, 0.717) is 37.3 Å². The summed E-state index contributed by atoms with van der Waals surface area (Å²) in [4.78, 5) is 12.3. The molecule has 0 spiro atoms. The van der Waals surface area contributed by atoms with Gasteiger partial charge < -0.3 is 25.1 Å². The van der Waals surface area contributed by atoms with Crippen LogP contribution in [-0.4, -0.2) is 44.8 Å². The van der Waals surface area contributed by atoms with Crippen LogP contribution in [0.3, 0.4) is 0 Å². The first kappa shape index (κ1) is 22.0. The Morgan fingerprint density at radius 2 is 1.87 bits per heavy atom. The van der Waals surface area contributed by atoms with Gasteiger partial charge in [-0.2, -0.15) is 14.4 Å². The SMILES string of the molecule is CC(C)(C)NCCCn1c(Cc2cc3c(cc2[131I])OCCO3)nc2c(N)nc(F)nc21. The van der Waals surface area contributed by atoms with E-state index >= 15 is 0 Å². The largest absolute Gasteiger partial charge is 0.486 e. The molecule has 0 fully saturated rings. The summed E-state index contributed by atoms with van der Waals surface area (Å²) in [7, 11) is 0. The molecule has 4 rings (SSSR count). The smallest absolute Gasteiger partial charge is 0.312 e. The molecule has 0 amide bonds. The molecule has 0 radical (unpaired) electrons. The second kappa shape index (κ2) is 8.73. The zero-order valence-corrected chi connectivity index (χ0v) is 20.0. The number of anilines is 1. The molecule has 0 aliphatic carbocycles. The fourth-order valence-electron chi connectivity index (χ4n) is 3.52. The Hall–Kier alpha value is -2.21. The minimum Gasteiger partial charge on any atom is -0.486 e. The highest BCUT2D eigenvalue weighted by Crippen LogP contribution is 2.35. The van der Waals surface area contributed by atoms with Gasteiger partial charge in [0.1, 0.15) is 19.0 Å². The second-order valence-corrected chi connectivity index (χ2v) is 9.69. The van der Waals surface area contributed by atoms with Crippen LogP contribution in [0.1, 0.15) is 38.6 Å². The van der Waals surface area contributed by atoms with E-state index in [1.54, 1.807) is 0 Å². The molecule has 3 heterocycles. The van der Waals surface area contributed by atoms with E-state index in [1.807, 2.05) is 16.7 Å². The molecule has 0 bridgehead atoms. The van der Waals surface area contributed by atoms with Gasteiger partial charge in [-0.3, -0.25) is 0 Å². The van der Waals surface area contributed by atoms with Gasteiger partial charge in [0.25, 0.3) is 0 Å². The van der Waals surface area contributed by atoms with Crippen molar-refractivity contribution in [3.05, 3.63) is 33.2 Å². The van der Waals surface area contributed by atoms with E-state index in [9.17, 15) is 4.39 Å². The molecule has 1 aliphatic rings. The lowest BCUT2D eigenvalue weighted by Gasteiger charge is -2.21. The number of hydrogen-bond donors (Lipinski definition) is 2. The van der Waals surface area contributed by atoms with E-state index < -0.39 is 6.08 Å². The summed E-state index contributed by atoms with van der Waals surface area (Å²) < 4.78 is 28.3. The first-order valence-corrected chi connectivity index (χ1v) is 11.3. The molecule has 1 aromatic carbocycles. The third kappa shape index (κ3) is 5.00. The number of hydrogen-bond acceptors (Lipinski definition) is 7. The zero-order valence-electron chi connectivity index (χ0n) is 17.8. The summed E-state index contributed by atoms with van der Waals surface area (Å²) in [6, 6.07) is 3.95. The predicted molar refractivity (Wildman–Crippen MR) is 125 cm³/mol. The van der Waals surface area contributed by atoms with E-state index in [-0.39, 0.29) is 11.4 Å². The van der Waals surface area contributed by atoms with Gasteiger partial charge in [0, 0.05) is 22.1 Å². The molecular weight excluding hydrogens is 518 g/mol. The monoisotopic (exact) mass is 544 g/mol. The third-order valence-corrected chi connectivity index (χ3v) is 5.95. The highest BCUT2D eigenvalue weighted by atomic mass is 131. The Morgan fingerprint density at radius 3 is 2.58 bits per heavy atom. The molecule has 166 valence electrons. The lowest BCUT2D eigenvalue weighted by Crippen LogP contribution is -2.36. The molecule has 0 saturated heterocycles. The average Bonchev–Trinajstić information content (AvgIpc) is 3.02. The van der Waals surface area contributed by atoms with Crippen molar-refractivity contribution in [1.82, 2.24) is 24.8 Å². The van der Waals surface area contributed by atoms with Gasteiger partial charge in [0.2, 0.25) is 0 Å². The molecule has 1 aliphatic heterocycles. The molecule has 8 nitrogen and oxygen atoms in total. The Labute approximate surface area is 193 Å². The third-order valence-electron chi connectivity index (χ3n) is 4.95. The molecule has 0 unspecified atom stereocenters. The van der Waals surface area contributed by atoms with Crippen LogP contribution in [0.2, 0.25) is 0 Å². The van der Waals surface area contributed by atoms with Crippen molar-refractivity contribution in [2.45, 2.75) is 45.7 Å².